The number of oxazole rings is 1. The van der Waals surface area contributed by atoms with E-state index in [0.29, 0.717) is 22.4 Å². The van der Waals surface area contributed by atoms with Crippen LogP contribution in [0.1, 0.15) is 17.3 Å². The zero-order valence-corrected chi connectivity index (χ0v) is 13.1. The number of rotatable bonds is 5. The minimum atomic E-state index is -0.178. The highest BCUT2D eigenvalue weighted by atomic mass is 35.5. The van der Waals surface area contributed by atoms with Gasteiger partial charge >= 0.3 is 0 Å². The number of amides is 1. The number of nitrogens with one attached hydrogen (secondary N) is 1. The van der Waals surface area contributed by atoms with Crippen LogP contribution in [0.15, 0.2) is 45.5 Å². The van der Waals surface area contributed by atoms with E-state index in [2.05, 4.69) is 20.0 Å². The zero-order chi connectivity index (χ0) is 16.2. The number of nitrogens with zero attached hydrogens (tertiary/aromatic N) is 2. The largest absolute Gasteiger partial charge is 0.438 e. The molecule has 3 aromatic rings. The van der Waals surface area contributed by atoms with Gasteiger partial charge in [-0.05, 0) is 31.2 Å². The molecule has 2 aromatic heterocycles. The Labute approximate surface area is 137 Å². The highest BCUT2D eigenvalue weighted by Gasteiger charge is 2.13. The van der Waals surface area contributed by atoms with Crippen molar-refractivity contribution in [3.05, 3.63) is 58.9 Å². The van der Waals surface area contributed by atoms with Crippen LogP contribution in [0.2, 0.25) is 5.02 Å². The second kappa shape index (κ2) is 6.66. The van der Waals surface area contributed by atoms with Gasteiger partial charge in [0.2, 0.25) is 11.8 Å². The molecule has 1 amide bonds. The molecule has 0 atom stereocenters. The summed E-state index contributed by atoms with van der Waals surface area (Å²) in [5.41, 5.74) is 2.22. The predicted octanol–water partition coefficient (Wildman–Crippen LogP) is 3.15. The van der Waals surface area contributed by atoms with Crippen molar-refractivity contribution in [2.24, 2.45) is 0 Å². The van der Waals surface area contributed by atoms with Gasteiger partial charge in [0, 0.05) is 16.7 Å². The molecule has 0 aliphatic heterocycles. The number of benzene rings is 1. The van der Waals surface area contributed by atoms with Crippen molar-refractivity contribution in [2.45, 2.75) is 19.9 Å². The Balaban J connectivity index is 1.64. The lowest BCUT2D eigenvalue weighted by Gasteiger charge is -2.00. The SMILES string of the molecule is Cc1nc(CNC(=O)Cc2ccon2)oc1-c1ccc(Cl)cc1. The zero-order valence-electron chi connectivity index (χ0n) is 12.4. The Kier molecular flexibility index (Phi) is 4.43. The maximum Gasteiger partial charge on any atom is 0.226 e. The Morgan fingerprint density at radius 2 is 2.04 bits per heavy atom. The summed E-state index contributed by atoms with van der Waals surface area (Å²) in [6, 6.07) is 8.95. The van der Waals surface area contributed by atoms with E-state index in [1.165, 1.54) is 6.26 Å². The average Bonchev–Trinajstić information content (AvgIpc) is 3.16. The Morgan fingerprint density at radius 3 is 2.74 bits per heavy atom. The highest BCUT2D eigenvalue weighted by Crippen LogP contribution is 2.25. The fraction of sp³-hybridized carbons (Fsp3) is 0.188. The first-order chi connectivity index (χ1) is 11.1. The molecule has 0 saturated heterocycles. The molecule has 1 N–H and O–H groups in total. The van der Waals surface area contributed by atoms with E-state index in [1.807, 2.05) is 19.1 Å². The summed E-state index contributed by atoms with van der Waals surface area (Å²) in [5.74, 6) is 0.936. The smallest absolute Gasteiger partial charge is 0.226 e. The van der Waals surface area contributed by atoms with E-state index >= 15 is 0 Å². The molecule has 6 nitrogen and oxygen atoms in total. The van der Waals surface area contributed by atoms with Gasteiger partial charge in [-0.2, -0.15) is 0 Å². The summed E-state index contributed by atoms with van der Waals surface area (Å²) in [5, 5.41) is 7.09. The molecule has 7 heteroatoms. The molecule has 0 fully saturated rings. The molecule has 1 aromatic carbocycles. The van der Waals surface area contributed by atoms with Gasteiger partial charge < -0.3 is 14.3 Å². The highest BCUT2D eigenvalue weighted by molar-refractivity contribution is 6.30. The second-order valence-corrected chi connectivity index (χ2v) is 5.41. The van der Waals surface area contributed by atoms with Gasteiger partial charge in [0.25, 0.3) is 0 Å². The van der Waals surface area contributed by atoms with Gasteiger partial charge in [0.05, 0.1) is 24.4 Å². The Bertz CT molecular complexity index is 795. The third-order valence-electron chi connectivity index (χ3n) is 3.22. The summed E-state index contributed by atoms with van der Waals surface area (Å²) < 4.78 is 10.4. The number of carbonyl (C=O) groups excluding carboxylic acids is 1. The standard InChI is InChI=1S/C16H14ClN3O3/c1-10-16(11-2-4-12(17)5-3-11)23-15(19-10)9-18-14(21)8-13-6-7-22-20-13/h2-7H,8-9H2,1H3,(H,18,21). The van der Waals surface area contributed by atoms with Crippen LogP contribution in [0, 0.1) is 6.92 Å². The van der Waals surface area contributed by atoms with E-state index in [1.54, 1.807) is 18.2 Å². The molecule has 23 heavy (non-hydrogen) atoms. The van der Waals surface area contributed by atoms with Gasteiger partial charge in [0.15, 0.2) is 5.76 Å². The number of halogens is 1. The van der Waals surface area contributed by atoms with Crippen LogP contribution in [0.25, 0.3) is 11.3 Å². The lowest BCUT2D eigenvalue weighted by atomic mass is 10.1. The number of aryl methyl sites for hydroxylation is 1. The van der Waals surface area contributed by atoms with Crippen LogP contribution in [0.5, 0.6) is 0 Å². The Hall–Kier alpha value is -2.60. The molecule has 3 rings (SSSR count). The molecule has 0 aliphatic carbocycles. The molecular formula is C16H14ClN3O3. The van der Waals surface area contributed by atoms with Crippen molar-refractivity contribution < 1.29 is 13.7 Å². The van der Waals surface area contributed by atoms with Crippen LogP contribution < -0.4 is 5.32 Å². The van der Waals surface area contributed by atoms with Crippen molar-refractivity contribution in [1.82, 2.24) is 15.5 Å². The lowest BCUT2D eigenvalue weighted by molar-refractivity contribution is -0.120. The molecule has 0 spiro atoms. The summed E-state index contributed by atoms with van der Waals surface area (Å²) in [6.45, 7) is 2.07. The molecule has 0 radical (unpaired) electrons. The number of carbonyl (C=O) groups is 1. The molecule has 2 heterocycles. The quantitative estimate of drug-likeness (QED) is 0.776. The van der Waals surface area contributed by atoms with Crippen LogP contribution in [-0.4, -0.2) is 16.0 Å². The van der Waals surface area contributed by atoms with Crippen LogP contribution in [0.3, 0.4) is 0 Å². The van der Waals surface area contributed by atoms with Gasteiger partial charge in [-0.15, -0.1) is 0 Å². The van der Waals surface area contributed by atoms with E-state index in [4.69, 9.17) is 16.0 Å². The molecule has 0 bridgehead atoms. The lowest BCUT2D eigenvalue weighted by Crippen LogP contribution is -2.24. The predicted molar refractivity (Wildman–Crippen MR) is 83.7 cm³/mol. The summed E-state index contributed by atoms with van der Waals surface area (Å²) in [4.78, 5) is 16.1. The van der Waals surface area contributed by atoms with Crippen molar-refractivity contribution in [3.63, 3.8) is 0 Å². The van der Waals surface area contributed by atoms with Crippen LogP contribution >= 0.6 is 11.6 Å². The van der Waals surface area contributed by atoms with Gasteiger partial charge in [-0.3, -0.25) is 4.79 Å². The first kappa shape index (κ1) is 15.3. The Morgan fingerprint density at radius 1 is 1.26 bits per heavy atom. The van der Waals surface area contributed by atoms with Gasteiger partial charge in [0.1, 0.15) is 6.26 Å². The maximum absolute atomic E-state index is 11.8. The summed E-state index contributed by atoms with van der Waals surface area (Å²) >= 11 is 5.88. The average molecular weight is 332 g/mol. The first-order valence-corrected chi connectivity index (χ1v) is 7.38. The minimum Gasteiger partial charge on any atom is -0.438 e. The molecule has 0 saturated carbocycles. The fourth-order valence-electron chi connectivity index (χ4n) is 2.13. The van der Waals surface area contributed by atoms with Crippen LogP contribution in [0.4, 0.5) is 0 Å². The molecule has 0 aliphatic rings. The maximum atomic E-state index is 11.8. The monoisotopic (exact) mass is 331 g/mol. The third-order valence-corrected chi connectivity index (χ3v) is 3.47. The van der Waals surface area contributed by atoms with E-state index in [0.717, 1.165) is 11.3 Å². The van der Waals surface area contributed by atoms with Crippen molar-refractivity contribution >= 4 is 17.5 Å². The second-order valence-electron chi connectivity index (χ2n) is 4.97. The number of aromatic nitrogens is 2. The normalized spacial score (nSPS) is 10.7. The van der Waals surface area contributed by atoms with E-state index < -0.39 is 0 Å². The van der Waals surface area contributed by atoms with Gasteiger partial charge in [-0.25, -0.2) is 4.98 Å². The molecular weight excluding hydrogens is 318 g/mol. The topological polar surface area (TPSA) is 81.2 Å². The fourth-order valence-corrected chi connectivity index (χ4v) is 2.25. The first-order valence-electron chi connectivity index (χ1n) is 7.00. The van der Waals surface area contributed by atoms with Crippen molar-refractivity contribution in [1.29, 1.82) is 0 Å². The third kappa shape index (κ3) is 3.78. The minimum absolute atomic E-state index is 0.153. The van der Waals surface area contributed by atoms with Gasteiger partial charge in [-0.1, -0.05) is 16.8 Å². The number of hydrogen-bond donors (Lipinski definition) is 1. The molecule has 0 unspecified atom stereocenters. The van der Waals surface area contributed by atoms with Crippen molar-refractivity contribution in [2.75, 3.05) is 0 Å². The molecule has 118 valence electrons. The van der Waals surface area contributed by atoms with E-state index in [9.17, 15) is 4.79 Å². The summed E-state index contributed by atoms with van der Waals surface area (Å²) in [7, 11) is 0. The van der Waals surface area contributed by atoms with Crippen molar-refractivity contribution in [3.8, 4) is 11.3 Å². The van der Waals surface area contributed by atoms with E-state index in [-0.39, 0.29) is 18.9 Å². The van der Waals surface area contributed by atoms with Crippen LogP contribution in [-0.2, 0) is 17.8 Å². The summed E-state index contributed by atoms with van der Waals surface area (Å²) in [6.07, 6.45) is 1.58. The number of hydrogen-bond acceptors (Lipinski definition) is 5.